The van der Waals surface area contributed by atoms with E-state index < -0.39 is 11.8 Å². The molecule has 2 heterocycles. The molecular formula is C30H35N7O3. The van der Waals surface area contributed by atoms with E-state index in [4.69, 9.17) is 9.97 Å². The number of para-hydroxylation sites is 2. The zero-order chi connectivity index (χ0) is 28.2. The number of hydrogen-bond donors (Lipinski definition) is 2. The van der Waals surface area contributed by atoms with Crippen LogP contribution >= 0.6 is 0 Å². The summed E-state index contributed by atoms with van der Waals surface area (Å²) in [6.07, 6.45) is 3.88. The lowest BCUT2D eigenvalue weighted by Gasteiger charge is -2.31. The molecule has 1 aliphatic heterocycles. The molecule has 1 saturated carbocycles. The summed E-state index contributed by atoms with van der Waals surface area (Å²) in [7, 11) is 3.94. The number of amides is 2. The Morgan fingerprint density at radius 3 is 2.40 bits per heavy atom. The number of carbonyl (C=O) groups excluding carboxylic acids is 3. The fraction of sp³-hybridized carbons (Fsp3) is 0.400. The number of nitrogens with zero attached hydrogens (tertiary/aromatic N) is 5. The van der Waals surface area contributed by atoms with Crippen LogP contribution in [0.15, 0.2) is 59.7 Å². The van der Waals surface area contributed by atoms with Crippen molar-refractivity contribution in [1.82, 2.24) is 15.3 Å². The number of carbonyl (C=O) groups is 3. The summed E-state index contributed by atoms with van der Waals surface area (Å²) in [6.45, 7) is 1.74. The Morgan fingerprint density at radius 1 is 1.02 bits per heavy atom. The summed E-state index contributed by atoms with van der Waals surface area (Å²) in [5, 5.41) is 13.4. The van der Waals surface area contributed by atoms with Crippen LogP contribution < -0.4 is 20.5 Å². The second-order valence-corrected chi connectivity index (χ2v) is 10.7. The summed E-state index contributed by atoms with van der Waals surface area (Å²) in [4.78, 5) is 49.6. The average molecular weight is 542 g/mol. The molecule has 2 atom stereocenters. The van der Waals surface area contributed by atoms with Crippen molar-refractivity contribution in [3.8, 4) is 0 Å². The van der Waals surface area contributed by atoms with Crippen LogP contribution in [0.3, 0.4) is 0 Å². The molecule has 1 fully saturated rings. The molecule has 10 nitrogen and oxygen atoms in total. The van der Waals surface area contributed by atoms with E-state index in [2.05, 4.69) is 15.7 Å². The molecule has 5 rings (SSSR count). The van der Waals surface area contributed by atoms with Crippen molar-refractivity contribution in [1.29, 1.82) is 0 Å². The zero-order valence-corrected chi connectivity index (χ0v) is 23.1. The van der Waals surface area contributed by atoms with Crippen LogP contribution in [-0.2, 0) is 14.4 Å². The number of fused-ring (bicyclic) bond motifs is 1. The van der Waals surface area contributed by atoms with Gasteiger partial charge in [0.05, 0.1) is 23.0 Å². The van der Waals surface area contributed by atoms with Crippen LogP contribution in [0.1, 0.15) is 39.0 Å². The van der Waals surface area contributed by atoms with Crippen LogP contribution in [0.25, 0.3) is 10.9 Å². The third kappa shape index (κ3) is 5.66. The van der Waals surface area contributed by atoms with E-state index in [-0.39, 0.29) is 30.3 Å². The summed E-state index contributed by atoms with van der Waals surface area (Å²) in [6, 6.07) is 17.2. The average Bonchev–Trinajstić information content (AvgIpc) is 3.25. The van der Waals surface area contributed by atoms with Gasteiger partial charge in [0.15, 0.2) is 0 Å². The maximum absolute atomic E-state index is 13.4. The van der Waals surface area contributed by atoms with Crippen LogP contribution in [0.2, 0.25) is 0 Å². The van der Waals surface area contributed by atoms with E-state index in [9.17, 15) is 14.4 Å². The van der Waals surface area contributed by atoms with E-state index >= 15 is 0 Å². The fourth-order valence-electron chi connectivity index (χ4n) is 5.63. The minimum Gasteiger partial charge on any atom is -0.362 e. The van der Waals surface area contributed by atoms with Gasteiger partial charge in [0.25, 0.3) is 5.91 Å². The predicted octanol–water partition coefficient (Wildman–Crippen LogP) is 3.78. The Hall–Kier alpha value is -4.34. The molecule has 2 N–H and O–H groups in total. The molecule has 0 radical (unpaired) electrons. The molecule has 0 saturated heterocycles. The number of rotatable bonds is 9. The van der Waals surface area contributed by atoms with E-state index in [0.29, 0.717) is 23.6 Å². The highest BCUT2D eigenvalue weighted by molar-refractivity contribution is 6.17. The van der Waals surface area contributed by atoms with Gasteiger partial charge in [-0.3, -0.25) is 9.59 Å². The van der Waals surface area contributed by atoms with Gasteiger partial charge < -0.3 is 20.3 Å². The van der Waals surface area contributed by atoms with Gasteiger partial charge in [0.2, 0.25) is 11.9 Å². The third-order valence-corrected chi connectivity index (χ3v) is 7.69. The molecule has 10 heteroatoms. The van der Waals surface area contributed by atoms with Crippen LogP contribution in [0, 0.1) is 11.8 Å². The Labute approximate surface area is 233 Å². The molecular weight excluding hydrogens is 506 g/mol. The molecule has 2 aliphatic rings. The Kier molecular flexibility index (Phi) is 8.04. The molecule has 1 aliphatic carbocycles. The Balaban J connectivity index is 1.20. The minimum absolute atomic E-state index is 0.0338. The highest BCUT2D eigenvalue weighted by Crippen LogP contribution is 2.31. The standard InChI is InChI=1S/C30H35N7O3/c1-19-26(29(40)37(35-19)22-9-5-4-6-10-22)24(17-18-38)28(39)31-20-13-15-21(16-14-20)32-30-33-25-12-8-7-11-23(25)27(34-30)36(2)3/h4-12,18,20-21,24,26H,13-17H2,1-3H3,(H,31,39)(H,32,33,34)/t20-,21+,24?,26?. The number of nitrogens with one attached hydrogen (secondary N) is 2. The second kappa shape index (κ2) is 11.8. The minimum atomic E-state index is -0.797. The summed E-state index contributed by atoms with van der Waals surface area (Å²) in [5.74, 6) is -0.668. The number of aromatic nitrogens is 2. The normalized spacial score (nSPS) is 21.6. The molecule has 0 spiro atoms. The highest BCUT2D eigenvalue weighted by atomic mass is 16.2. The molecule has 1 aromatic heterocycles. The molecule has 0 bridgehead atoms. The monoisotopic (exact) mass is 541 g/mol. The molecule has 208 valence electrons. The lowest BCUT2D eigenvalue weighted by atomic mass is 9.84. The smallest absolute Gasteiger partial charge is 0.257 e. The number of anilines is 3. The fourth-order valence-corrected chi connectivity index (χ4v) is 5.63. The van der Waals surface area contributed by atoms with E-state index in [0.717, 1.165) is 42.4 Å². The van der Waals surface area contributed by atoms with Gasteiger partial charge in [-0.1, -0.05) is 30.3 Å². The van der Waals surface area contributed by atoms with Crippen molar-refractivity contribution >= 4 is 52.2 Å². The predicted molar refractivity (Wildman–Crippen MR) is 156 cm³/mol. The maximum Gasteiger partial charge on any atom is 0.257 e. The third-order valence-electron chi connectivity index (χ3n) is 7.69. The largest absolute Gasteiger partial charge is 0.362 e. The van der Waals surface area contributed by atoms with Crippen molar-refractivity contribution in [2.45, 2.75) is 51.1 Å². The van der Waals surface area contributed by atoms with Crippen molar-refractivity contribution < 1.29 is 14.4 Å². The van der Waals surface area contributed by atoms with Gasteiger partial charge in [-0.2, -0.15) is 10.1 Å². The molecule has 2 aromatic carbocycles. The second-order valence-electron chi connectivity index (χ2n) is 10.7. The Bertz CT molecular complexity index is 1420. The zero-order valence-electron chi connectivity index (χ0n) is 23.1. The topological polar surface area (TPSA) is 120 Å². The van der Waals surface area contributed by atoms with Crippen LogP contribution in [-0.4, -0.2) is 60.0 Å². The van der Waals surface area contributed by atoms with Gasteiger partial charge in [-0.15, -0.1) is 0 Å². The highest BCUT2D eigenvalue weighted by Gasteiger charge is 2.43. The quantitative estimate of drug-likeness (QED) is 0.396. The van der Waals surface area contributed by atoms with Crippen molar-refractivity contribution in [2.24, 2.45) is 16.9 Å². The van der Waals surface area contributed by atoms with E-state index in [1.807, 2.05) is 61.5 Å². The van der Waals surface area contributed by atoms with E-state index in [1.54, 1.807) is 19.1 Å². The lowest BCUT2D eigenvalue weighted by Crippen LogP contribution is -2.47. The van der Waals surface area contributed by atoms with Crippen molar-refractivity contribution in [3.05, 3.63) is 54.6 Å². The first-order valence-corrected chi connectivity index (χ1v) is 13.7. The summed E-state index contributed by atoms with van der Waals surface area (Å²) < 4.78 is 0. The van der Waals surface area contributed by atoms with Crippen LogP contribution in [0.4, 0.5) is 17.5 Å². The Morgan fingerprint density at radius 2 is 1.70 bits per heavy atom. The first-order valence-electron chi connectivity index (χ1n) is 13.7. The van der Waals surface area contributed by atoms with Gasteiger partial charge in [0.1, 0.15) is 12.1 Å². The van der Waals surface area contributed by atoms with Crippen molar-refractivity contribution in [2.75, 3.05) is 29.3 Å². The van der Waals surface area contributed by atoms with E-state index in [1.165, 1.54) is 5.01 Å². The van der Waals surface area contributed by atoms with Gasteiger partial charge in [0, 0.05) is 43.7 Å². The lowest BCUT2D eigenvalue weighted by molar-refractivity contribution is -0.132. The molecule has 2 amide bonds. The first kappa shape index (κ1) is 27.2. The number of aldehydes is 1. The molecule has 2 unspecified atom stereocenters. The number of hydrazone groups is 1. The van der Waals surface area contributed by atoms with Gasteiger partial charge >= 0.3 is 0 Å². The van der Waals surface area contributed by atoms with Gasteiger partial charge in [-0.25, -0.2) is 9.99 Å². The maximum atomic E-state index is 13.4. The first-order chi connectivity index (χ1) is 19.4. The summed E-state index contributed by atoms with van der Waals surface area (Å²) in [5.41, 5.74) is 2.06. The molecule has 40 heavy (non-hydrogen) atoms. The summed E-state index contributed by atoms with van der Waals surface area (Å²) >= 11 is 0. The van der Waals surface area contributed by atoms with Crippen LogP contribution in [0.5, 0.6) is 0 Å². The molecule has 3 aromatic rings. The van der Waals surface area contributed by atoms with Crippen molar-refractivity contribution in [3.63, 3.8) is 0 Å². The number of hydrogen-bond acceptors (Lipinski definition) is 8. The SMILES string of the molecule is CC1=NN(c2ccccc2)C(=O)C1C(CC=O)C(=O)N[C@H]1CC[C@@H](Nc2nc(N(C)C)c3ccccc3n2)CC1. The van der Waals surface area contributed by atoms with Gasteiger partial charge in [-0.05, 0) is 56.9 Å². The number of benzene rings is 2.